The van der Waals surface area contributed by atoms with Crippen LogP contribution in [0, 0.1) is 5.41 Å². The molecule has 0 spiro atoms. The normalized spacial score (nSPS) is 18.1. The molecule has 2 atom stereocenters. The number of hydrogen-bond donors (Lipinski definition) is 4. The van der Waals surface area contributed by atoms with E-state index in [0.717, 1.165) is 0 Å². The van der Waals surface area contributed by atoms with Crippen LogP contribution in [0.2, 0.25) is 0 Å². The third kappa shape index (κ3) is 5.19. The first kappa shape index (κ1) is 26.0. The van der Waals surface area contributed by atoms with Crippen molar-refractivity contribution in [3.05, 3.63) is 0 Å². The van der Waals surface area contributed by atoms with Crippen molar-refractivity contribution in [1.82, 2.24) is 9.80 Å². The summed E-state index contributed by atoms with van der Waals surface area (Å²) >= 11 is 0. The Hall–Kier alpha value is -3.02. The number of imide groups is 2. The second kappa shape index (κ2) is 10.8. The van der Waals surface area contributed by atoms with Gasteiger partial charge in [0, 0.05) is 6.42 Å². The van der Waals surface area contributed by atoms with E-state index < -0.39 is 66.1 Å². The molecular formula is C19H29N3O9. The lowest BCUT2D eigenvalue weighted by Crippen LogP contribution is -2.70. The average molecular weight is 443 g/mol. The van der Waals surface area contributed by atoms with Gasteiger partial charge in [0.2, 0.25) is 11.8 Å². The summed E-state index contributed by atoms with van der Waals surface area (Å²) < 4.78 is 0. The zero-order valence-corrected chi connectivity index (χ0v) is 17.6. The molecule has 1 aliphatic heterocycles. The van der Waals surface area contributed by atoms with Crippen molar-refractivity contribution in [2.24, 2.45) is 11.1 Å². The van der Waals surface area contributed by atoms with E-state index in [2.05, 4.69) is 0 Å². The van der Waals surface area contributed by atoms with Crippen molar-refractivity contribution in [1.29, 1.82) is 0 Å². The molecule has 5 N–H and O–H groups in total. The molecule has 0 aromatic rings. The van der Waals surface area contributed by atoms with Gasteiger partial charge >= 0.3 is 23.9 Å². The second-order valence-electron chi connectivity index (χ2n) is 7.35. The standard InChI is InChI=1S/C19H29N3O9/c1-3-19(4-2)16(29)21(11(14(25)26)7-5-6-10-20)18(31)22(17(19)30)12(15(27)28)8-9-13(23)24/h11-12H,3-10,20H2,1-2H3,(H,23,24)(H,25,26)(H,27,28)/t11-,12-/m0/s1. The number of rotatable bonds is 13. The van der Waals surface area contributed by atoms with Crippen LogP contribution in [0.5, 0.6) is 0 Å². The van der Waals surface area contributed by atoms with Crippen LogP contribution in [0.25, 0.3) is 0 Å². The van der Waals surface area contributed by atoms with Crippen molar-refractivity contribution < 1.29 is 44.1 Å². The highest BCUT2D eigenvalue weighted by atomic mass is 16.4. The van der Waals surface area contributed by atoms with Gasteiger partial charge in [0.05, 0.1) is 0 Å². The van der Waals surface area contributed by atoms with E-state index in [1.807, 2.05) is 0 Å². The minimum Gasteiger partial charge on any atom is -0.481 e. The highest BCUT2D eigenvalue weighted by Crippen LogP contribution is 2.39. The number of nitrogens with two attached hydrogens (primary N) is 1. The Morgan fingerprint density at radius 1 is 0.871 bits per heavy atom. The van der Waals surface area contributed by atoms with Gasteiger partial charge in [-0.3, -0.25) is 14.4 Å². The molecule has 0 radical (unpaired) electrons. The van der Waals surface area contributed by atoms with E-state index in [-0.39, 0.29) is 32.2 Å². The summed E-state index contributed by atoms with van der Waals surface area (Å²) in [6, 6.07) is -4.85. The van der Waals surface area contributed by atoms with Gasteiger partial charge in [0.25, 0.3) is 0 Å². The molecule has 0 saturated carbocycles. The molecule has 0 unspecified atom stereocenters. The lowest BCUT2D eigenvalue weighted by atomic mass is 9.77. The maximum atomic E-state index is 13.2. The third-order valence-electron chi connectivity index (χ3n) is 5.63. The van der Waals surface area contributed by atoms with E-state index in [4.69, 9.17) is 10.8 Å². The Labute approximate surface area is 179 Å². The molecule has 1 heterocycles. The molecule has 0 bridgehead atoms. The Morgan fingerprint density at radius 3 is 1.68 bits per heavy atom. The topological polar surface area (TPSA) is 196 Å². The Morgan fingerprint density at radius 2 is 1.32 bits per heavy atom. The second-order valence-corrected chi connectivity index (χ2v) is 7.35. The maximum Gasteiger partial charge on any atom is 0.335 e. The number of nitrogens with zero attached hydrogens (tertiary/aromatic N) is 2. The average Bonchev–Trinajstić information content (AvgIpc) is 2.69. The number of aliphatic carboxylic acids is 3. The largest absolute Gasteiger partial charge is 0.481 e. The summed E-state index contributed by atoms with van der Waals surface area (Å²) in [6.07, 6.45) is -0.826. The molecule has 1 fully saturated rings. The molecular weight excluding hydrogens is 414 g/mol. The zero-order valence-electron chi connectivity index (χ0n) is 17.6. The van der Waals surface area contributed by atoms with Gasteiger partial charge in [-0.1, -0.05) is 13.8 Å². The summed E-state index contributed by atoms with van der Waals surface area (Å²) in [7, 11) is 0. The van der Waals surface area contributed by atoms with Crippen molar-refractivity contribution in [2.75, 3.05) is 6.54 Å². The van der Waals surface area contributed by atoms with Gasteiger partial charge in [0.1, 0.15) is 17.5 Å². The van der Waals surface area contributed by atoms with E-state index in [1.54, 1.807) is 0 Å². The Kier molecular flexibility index (Phi) is 9.10. The van der Waals surface area contributed by atoms with Crippen LogP contribution in [-0.2, 0) is 24.0 Å². The molecule has 4 amide bonds. The van der Waals surface area contributed by atoms with Gasteiger partial charge in [-0.05, 0) is 45.1 Å². The predicted molar refractivity (Wildman–Crippen MR) is 105 cm³/mol. The molecule has 174 valence electrons. The molecule has 1 aliphatic rings. The third-order valence-corrected chi connectivity index (χ3v) is 5.63. The number of barbiturate groups is 1. The first-order valence-corrected chi connectivity index (χ1v) is 10.1. The number of urea groups is 1. The van der Waals surface area contributed by atoms with Crippen LogP contribution in [0.15, 0.2) is 0 Å². The Bertz CT molecular complexity index is 748. The summed E-state index contributed by atoms with van der Waals surface area (Å²) in [5.74, 6) is -6.50. The van der Waals surface area contributed by atoms with Gasteiger partial charge in [-0.15, -0.1) is 0 Å². The molecule has 12 nitrogen and oxygen atoms in total. The van der Waals surface area contributed by atoms with Crippen molar-refractivity contribution in [2.45, 2.75) is 70.9 Å². The van der Waals surface area contributed by atoms with Gasteiger partial charge in [-0.25, -0.2) is 24.2 Å². The zero-order chi connectivity index (χ0) is 23.9. The highest BCUT2D eigenvalue weighted by Gasteiger charge is 2.59. The predicted octanol–water partition coefficient (Wildman–Crippen LogP) is 0.484. The van der Waals surface area contributed by atoms with E-state index in [0.29, 0.717) is 16.2 Å². The molecule has 1 saturated heterocycles. The molecule has 0 aromatic carbocycles. The number of unbranched alkanes of at least 4 members (excludes halogenated alkanes) is 1. The summed E-state index contributed by atoms with van der Waals surface area (Å²) in [5.41, 5.74) is 3.59. The first-order chi connectivity index (χ1) is 14.5. The number of hydrogen-bond acceptors (Lipinski definition) is 7. The molecule has 12 heteroatoms. The van der Waals surface area contributed by atoms with Crippen molar-refractivity contribution in [3.8, 4) is 0 Å². The number of carboxylic acids is 3. The van der Waals surface area contributed by atoms with Crippen molar-refractivity contribution in [3.63, 3.8) is 0 Å². The monoisotopic (exact) mass is 443 g/mol. The number of carboxylic acid groups (broad SMARTS) is 3. The van der Waals surface area contributed by atoms with E-state index in [1.165, 1.54) is 13.8 Å². The summed E-state index contributed by atoms with van der Waals surface area (Å²) in [5, 5.41) is 28.2. The highest BCUT2D eigenvalue weighted by molar-refractivity contribution is 6.21. The number of amides is 4. The van der Waals surface area contributed by atoms with Gasteiger partial charge in [0.15, 0.2) is 0 Å². The van der Waals surface area contributed by atoms with Gasteiger partial charge in [-0.2, -0.15) is 0 Å². The van der Waals surface area contributed by atoms with Crippen molar-refractivity contribution >= 4 is 35.8 Å². The van der Waals surface area contributed by atoms with Crippen LogP contribution in [0.4, 0.5) is 4.79 Å². The minimum absolute atomic E-state index is 0.0954. The molecule has 0 aromatic heterocycles. The minimum atomic E-state index is -1.86. The SMILES string of the molecule is CCC1(CC)C(=O)N([C@@H](CCCCN)C(=O)O)C(=O)N([C@@H](CCC(=O)O)C(=O)O)C1=O. The fourth-order valence-corrected chi connectivity index (χ4v) is 3.72. The molecule has 1 rings (SSSR count). The Balaban J connectivity index is 3.56. The smallest absolute Gasteiger partial charge is 0.335 e. The van der Waals surface area contributed by atoms with Crippen LogP contribution in [-0.4, -0.2) is 79.5 Å². The van der Waals surface area contributed by atoms with Gasteiger partial charge < -0.3 is 21.1 Å². The maximum absolute atomic E-state index is 13.2. The van der Waals surface area contributed by atoms with E-state index in [9.17, 15) is 39.0 Å². The van der Waals surface area contributed by atoms with Crippen LogP contribution >= 0.6 is 0 Å². The first-order valence-electron chi connectivity index (χ1n) is 10.1. The summed E-state index contributed by atoms with van der Waals surface area (Å²) in [6.45, 7) is 3.27. The van der Waals surface area contributed by atoms with E-state index >= 15 is 0 Å². The molecule has 31 heavy (non-hydrogen) atoms. The number of carbonyl (C=O) groups is 6. The fraction of sp³-hybridized carbons (Fsp3) is 0.684. The van der Waals surface area contributed by atoms with Crippen LogP contribution < -0.4 is 5.73 Å². The molecule has 0 aliphatic carbocycles. The summed E-state index contributed by atoms with van der Waals surface area (Å²) in [4.78, 5) is 75.0. The lowest BCUT2D eigenvalue weighted by Gasteiger charge is -2.46. The quantitative estimate of drug-likeness (QED) is 0.229. The number of carbonyl (C=O) groups excluding carboxylic acids is 3. The van der Waals surface area contributed by atoms with Crippen LogP contribution in [0.1, 0.15) is 58.8 Å². The van der Waals surface area contributed by atoms with Crippen LogP contribution in [0.3, 0.4) is 0 Å². The lowest BCUT2D eigenvalue weighted by molar-refractivity contribution is -0.170. The fourth-order valence-electron chi connectivity index (χ4n) is 3.72.